The molecule has 5 heteroatoms. The lowest BCUT2D eigenvalue weighted by Gasteiger charge is -2.25. The molecule has 1 aliphatic heterocycles. The highest BCUT2D eigenvalue weighted by atomic mass is 16.6. The summed E-state index contributed by atoms with van der Waals surface area (Å²) in [4.78, 5) is 23.7. The van der Waals surface area contributed by atoms with Gasteiger partial charge in [-0.2, -0.15) is 0 Å². The Morgan fingerprint density at radius 1 is 1.57 bits per heavy atom. The molecule has 0 spiro atoms. The SMILES string of the molecule is CC(C)(C)OC(=O)N1C(=O)CC[C@H]1N. The molecule has 1 fully saturated rings. The Bertz CT molecular complexity index is 257. The molecular formula is C9H16N2O3. The fourth-order valence-electron chi connectivity index (χ4n) is 1.25. The molecule has 0 saturated carbocycles. The van der Waals surface area contributed by atoms with Gasteiger partial charge in [0, 0.05) is 6.42 Å². The number of nitrogens with two attached hydrogens (primary N) is 1. The molecule has 0 aliphatic carbocycles. The van der Waals surface area contributed by atoms with E-state index < -0.39 is 17.9 Å². The zero-order chi connectivity index (χ0) is 10.9. The average molecular weight is 200 g/mol. The number of hydrogen-bond acceptors (Lipinski definition) is 4. The molecule has 1 rings (SSSR count). The first-order valence-electron chi connectivity index (χ1n) is 4.62. The fourth-order valence-corrected chi connectivity index (χ4v) is 1.25. The largest absolute Gasteiger partial charge is 0.443 e. The van der Waals surface area contributed by atoms with Gasteiger partial charge in [-0.05, 0) is 27.2 Å². The molecule has 0 aromatic carbocycles. The topological polar surface area (TPSA) is 72.6 Å². The van der Waals surface area contributed by atoms with Gasteiger partial charge in [-0.25, -0.2) is 9.69 Å². The van der Waals surface area contributed by atoms with E-state index in [9.17, 15) is 9.59 Å². The molecule has 14 heavy (non-hydrogen) atoms. The Morgan fingerprint density at radius 3 is 2.50 bits per heavy atom. The van der Waals surface area contributed by atoms with Gasteiger partial charge in [0.05, 0.1) is 6.17 Å². The predicted octanol–water partition coefficient (Wildman–Crippen LogP) is 0.829. The van der Waals surface area contributed by atoms with Crippen molar-refractivity contribution in [2.24, 2.45) is 5.73 Å². The van der Waals surface area contributed by atoms with Crippen LogP contribution in [0.25, 0.3) is 0 Å². The second kappa shape index (κ2) is 3.57. The van der Waals surface area contributed by atoms with Gasteiger partial charge in [0.1, 0.15) is 5.60 Å². The van der Waals surface area contributed by atoms with Gasteiger partial charge >= 0.3 is 6.09 Å². The van der Waals surface area contributed by atoms with E-state index in [0.717, 1.165) is 4.90 Å². The number of hydrogen-bond donors (Lipinski definition) is 1. The first kappa shape index (κ1) is 11.0. The van der Waals surface area contributed by atoms with Crippen LogP contribution in [0.2, 0.25) is 0 Å². The number of amides is 2. The van der Waals surface area contributed by atoms with Crippen molar-refractivity contribution in [3.63, 3.8) is 0 Å². The molecule has 0 aromatic rings. The van der Waals surface area contributed by atoms with Crippen molar-refractivity contribution >= 4 is 12.0 Å². The van der Waals surface area contributed by atoms with E-state index in [-0.39, 0.29) is 5.91 Å². The number of nitrogens with zero attached hydrogens (tertiary/aromatic N) is 1. The van der Waals surface area contributed by atoms with Crippen molar-refractivity contribution < 1.29 is 14.3 Å². The van der Waals surface area contributed by atoms with E-state index in [1.165, 1.54) is 0 Å². The van der Waals surface area contributed by atoms with Crippen LogP contribution in [0.3, 0.4) is 0 Å². The van der Waals surface area contributed by atoms with Gasteiger partial charge in [-0.15, -0.1) is 0 Å². The molecule has 1 aliphatic rings. The highest BCUT2D eigenvalue weighted by Gasteiger charge is 2.36. The van der Waals surface area contributed by atoms with Gasteiger partial charge in [0.25, 0.3) is 0 Å². The van der Waals surface area contributed by atoms with Crippen molar-refractivity contribution in [1.82, 2.24) is 4.90 Å². The zero-order valence-corrected chi connectivity index (χ0v) is 8.74. The van der Waals surface area contributed by atoms with Crippen molar-refractivity contribution in [3.05, 3.63) is 0 Å². The summed E-state index contributed by atoms with van der Waals surface area (Å²) in [6.07, 6.45) is -0.344. The normalized spacial score (nSPS) is 22.7. The standard InChI is InChI=1S/C9H16N2O3/c1-9(2,3)14-8(13)11-6(10)4-5-7(11)12/h6H,4-5,10H2,1-3H3/t6-/m0/s1. The summed E-state index contributed by atoms with van der Waals surface area (Å²) in [6.45, 7) is 5.24. The van der Waals surface area contributed by atoms with Crippen LogP contribution in [0.1, 0.15) is 33.6 Å². The van der Waals surface area contributed by atoms with Crippen molar-refractivity contribution in [2.75, 3.05) is 0 Å². The second-order valence-corrected chi connectivity index (χ2v) is 4.35. The molecule has 0 bridgehead atoms. The Hall–Kier alpha value is -1.10. The molecule has 0 radical (unpaired) electrons. The highest BCUT2D eigenvalue weighted by Crippen LogP contribution is 2.18. The molecule has 5 nitrogen and oxygen atoms in total. The van der Waals surface area contributed by atoms with Gasteiger partial charge in [0.15, 0.2) is 0 Å². The number of imide groups is 1. The number of carbonyl (C=O) groups is 2. The number of likely N-dealkylation sites (tertiary alicyclic amines) is 1. The first-order chi connectivity index (χ1) is 6.31. The van der Waals surface area contributed by atoms with E-state index in [0.29, 0.717) is 12.8 Å². The third kappa shape index (κ3) is 2.45. The van der Waals surface area contributed by atoms with Crippen LogP contribution in [0, 0.1) is 0 Å². The zero-order valence-electron chi connectivity index (χ0n) is 8.74. The summed E-state index contributed by atoms with van der Waals surface area (Å²) in [5.74, 6) is -0.258. The van der Waals surface area contributed by atoms with Crippen LogP contribution in [0.5, 0.6) is 0 Å². The monoisotopic (exact) mass is 200 g/mol. The van der Waals surface area contributed by atoms with Crippen LogP contribution in [-0.4, -0.2) is 28.7 Å². The van der Waals surface area contributed by atoms with E-state index in [1.54, 1.807) is 20.8 Å². The molecule has 80 valence electrons. The first-order valence-corrected chi connectivity index (χ1v) is 4.62. The second-order valence-electron chi connectivity index (χ2n) is 4.35. The summed E-state index contributed by atoms with van der Waals surface area (Å²) in [5, 5.41) is 0. The lowest BCUT2D eigenvalue weighted by atomic mass is 10.2. The van der Waals surface area contributed by atoms with Gasteiger partial charge in [0.2, 0.25) is 5.91 Å². The van der Waals surface area contributed by atoms with E-state index in [4.69, 9.17) is 10.5 Å². The molecular weight excluding hydrogens is 184 g/mol. The Labute approximate surface area is 83.2 Å². The molecule has 0 aromatic heterocycles. The van der Waals surface area contributed by atoms with E-state index in [1.807, 2.05) is 0 Å². The minimum atomic E-state index is -0.646. The summed E-state index contributed by atoms with van der Waals surface area (Å²) in [7, 11) is 0. The van der Waals surface area contributed by atoms with Crippen LogP contribution in [0.4, 0.5) is 4.79 Å². The quantitative estimate of drug-likeness (QED) is 0.628. The number of ether oxygens (including phenoxy) is 1. The van der Waals surface area contributed by atoms with Crippen LogP contribution in [-0.2, 0) is 9.53 Å². The third-order valence-electron chi connectivity index (χ3n) is 1.84. The van der Waals surface area contributed by atoms with Crippen molar-refractivity contribution in [2.45, 2.75) is 45.4 Å². The number of carbonyl (C=O) groups excluding carboxylic acids is 2. The maximum atomic E-state index is 11.5. The Morgan fingerprint density at radius 2 is 2.14 bits per heavy atom. The van der Waals surface area contributed by atoms with Crippen LogP contribution < -0.4 is 5.73 Å². The predicted molar refractivity (Wildman–Crippen MR) is 50.3 cm³/mol. The van der Waals surface area contributed by atoms with Gasteiger partial charge in [-0.1, -0.05) is 0 Å². The Balaban J connectivity index is 2.65. The molecule has 1 atom stereocenters. The molecule has 2 amide bonds. The lowest BCUT2D eigenvalue weighted by molar-refractivity contribution is -0.128. The van der Waals surface area contributed by atoms with Gasteiger partial charge < -0.3 is 10.5 Å². The van der Waals surface area contributed by atoms with E-state index >= 15 is 0 Å². The summed E-state index contributed by atoms with van der Waals surface area (Å²) >= 11 is 0. The summed E-state index contributed by atoms with van der Waals surface area (Å²) < 4.78 is 5.05. The fraction of sp³-hybridized carbons (Fsp3) is 0.778. The summed E-state index contributed by atoms with van der Waals surface area (Å²) in [5.41, 5.74) is 5.00. The Kier molecular flexibility index (Phi) is 2.80. The third-order valence-corrected chi connectivity index (χ3v) is 1.84. The lowest BCUT2D eigenvalue weighted by Crippen LogP contribution is -2.45. The molecule has 0 unspecified atom stereocenters. The molecule has 2 N–H and O–H groups in total. The minimum absolute atomic E-state index is 0.258. The number of rotatable bonds is 0. The minimum Gasteiger partial charge on any atom is -0.443 e. The van der Waals surface area contributed by atoms with Crippen molar-refractivity contribution in [1.29, 1.82) is 0 Å². The van der Waals surface area contributed by atoms with Crippen molar-refractivity contribution in [3.8, 4) is 0 Å². The van der Waals surface area contributed by atoms with Crippen LogP contribution in [0.15, 0.2) is 0 Å². The maximum absolute atomic E-state index is 11.5. The smallest absolute Gasteiger partial charge is 0.418 e. The molecule has 1 saturated heterocycles. The highest BCUT2D eigenvalue weighted by molar-refractivity contribution is 5.94. The van der Waals surface area contributed by atoms with Crippen LogP contribution >= 0.6 is 0 Å². The maximum Gasteiger partial charge on any atom is 0.418 e. The summed E-state index contributed by atoms with van der Waals surface area (Å²) in [6, 6.07) is 0. The van der Waals surface area contributed by atoms with Gasteiger partial charge in [-0.3, -0.25) is 4.79 Å². The average Bonchev–Trinajstić information content (AvgIpc) is 2.27. The molecule has 1 heterocycles. The van der Waals surface area contributed by atoms with E-state index in [2.05, 4.69) is 0 Å².